The van der Waals surface area contributed by atoms with E-state index in [4.69, 9.17) is 23.7 Å². The van der Waals surface area contributed by atoms with Crippen LogP contribution in [0, 0.1) is 23.2 Å². The molecule has 1 spiro atoms. The van der Waals surface area contributed by atoms with Gasteiger partial charge in [-0.15, -0.1) is 0 Å². The lowest BCUT2D eigenvalue weighted by Crippen LogP contribution is -2.48. The molecule has 1 fully saturated rings. The van der Waals surface area contributed by atoms with Crippen molar-refractivity contribution in [3.05, 3.63) is 83.7 Å². The van der Waals surface area contributed by atoms with Gasteiger partial charge in [0.1, 0.15) is 30.1 Å². The van der Waals surface area contributed by atoms with Gasteiger partial charge < -0.3 is 39.1 Å². The molecular formula is C39H52N2O9. The number of methoxy groups -OCH3 is 1. The molecular weight excluding hydrogens is 640 g/mol. The molecule has 1 aromatic heterocycles. The molecule has 1 amide bonds. The van der Waals surface area contributed by atoms with E-state index >= 15 is 0 Å². The van der Waals surface area contributed by atoms with Crippen LogP contribution in [-0.2, 0) is 34.9 Å². The van der Waals surface area contributed by atoms with Gasteiger partial charge in [-0.25, -0.2) is 14.4 Å². The predicted molar refractivity (Wildman–Crippen MR) is 186 cm³/mol. The van der Waals surface area contributed by atoms with Crippen molar-refractivity contribution in [3.8, 4) is 0 Å². The smallest absolute Gasteiger partial charge is 0.407 e. The summed E-state index contributed by atoms with van der Waals surface area (Å²) in [7, 11) is 1.47. The minimum atomic E-state index is -0.918. The minimum Gasteiger partial charge on any atom is -0.456 e. The van der Waals surface area contributed by atoms with Crippen LogP contribution in [0.2, 0.25) is 0 Å². The quantitative estimate of drug-likeness (QED) is 0.157. The van der Waals surface area contributed by atoms with Gasteiger partial charge in [0.2, 0.25) is 0 Å². The number of carbonyl (C=O) groups is 3. The Morgan fingerprint density at radius 2 is 1.86 bits per heavy atom. The number of aliphatic hydroxyl groups is 1. The van der Waals surface area contributed by atoms with E-state index in [9.17, 15) is 19.5 Å². The molecule has 50 heavy (non-hydrogen) atoms. The number of fused-ring (bicyclic) bond motifs is 1. The van der Waals surface area contributed by atoms with Gasteiger partial charge in [0.25, 0.3) is 0 Å². The first kappa shape index (κ1) is 37.3. The van der Waals surface area contributed by atoms with Crippen molar-refractivity contribution in [2.45, 2.75) is 103 Å². The number of rotatable bonds is 11. The summed E-state index contributed by atoms with van der Waals surface area (Å²) in [6.07, 6.45) is 4.04. The summed E-state index contributed by atoms with van der Waals surface area (Å²) in [6.45, 7) is 11.6. The van der Waals surface area contributed by atoms with Crippen molar-refractivity contribution in [1.82, 2.24) is 10.3 Å². The molecule has 0 unspecified atom stereocenters. The van der Waals surface area contributed by atoms with Crippen LogP contribution in [0.1, 0.15) is 70.4 Å². The Morgan fingerprint density at radius 3 is 2.52 bits per heavy atom. The van der Waals surface area contributed by atoms with Crippen LogP contribution in [0.25, 0.3) is 0 Å². The topological polar surface area (TPSA) is 145 Å². The van der Waals surface area contributed by atoms with Gasteiger partial charge in [0.05, 0.1) is 11.7 Å². The number of hydrogen-bond donors (Lipinski definition) is 3. The van der Waals surface area contributed by atoms with Crippen LogP contribution in [-0.4, -0.2) is 84.0 Å². The molecule has 1 aromatic carbocycles. The maximum atomic E-state index is 13.7. The van der Waals surface area contributed by atoms with Gasteiger partial charge in [-0.3, -0.25) is 0 Å². The zero-order chi connectivity index (χ0) is 36.2. The highest BCUT2D eigenvalue weighted by atomic mass is 16.6. The van der Waals surface area contributed by atoms with Crippen molar-refractivity contribution in [2.75, 3.05) is 13.7 Å². The fourth-order valence-electron chi connectivity index (χ4n) is 7.75. The third-order valence-corrected chi connectivity index (χ3v) is 10.8. The van der Waals surface area contributed by atoms with Crippen LogP contribution < -0.4 is 5.32 Å². The second kappa shape index (κ2) is 15.5. The number of alkyl carbamates (subject to hydrolysis) is 1. The van der Waals surface area contributed by atoms with E-state index in [1.54, 1.807) is 32.2 Å². The lowest BCUT2D eigenvalue weighted by molar-refractivity contribution is -0.172. The van der Waals surface area contributed by atoms with Crippen molar-refractivity contribution in [1.29, 1.82) is 0 Å². The molecule has 1 aliphatic carbocycles. The van der Waals surface area contributed by atoms with Crippen LogP contribution >= 0.6 is 0 Å². The number of benzene rings is 1. The van der Waals surface area contributed by atoms with E-state index in [1.165, 1.54) is 7.11 Å². The summed E-state index contributed by atoms with van der Waals surface area (Å²) in [5.74, 6) is -2.19. The summed E-state index contributed by atoms with van der Waals surface area (Å²) >= 11 is 0. The fraction of sp³-hybridized carbons (Fsp3) is 0.564. The molecule has 5 rings (SSSR count). The number of cyclic esters (lactones) is 1. The second-order valence-corrected chi connectivity index (χ2v) is 14.5. The van der Waals surface area contributed by atoms with Crippen LogP contribution in [0.15, 0.2) is 72.5 Å². The fourth-order valence-corrected chi connectivity index (χ4v) is 7.75. The summed E-state index contributed by atoms with van der Waals surface area (Å²) in [5.41, 5.74) is 0.872. The van der Waals surface area contributed by atoms with Gasteiger partial charge in [-0.1, -0.05) is 69.3 Å². The Kier molecular flexibility index (Phi) is 11.6. The Bertz CT molecular complexity index is 1540. The Balaban J connectivity index is 1.41. The Morgan fingerprint density at radius 1 is 1.12 bits per heavy atom. The first-order chi connectivity index (χ1) is 23.8. The number of ether oxygens (including phenoxy) is 5. The van der Waals surface area contributed by atoms with Gasteiger partial charge in [0.15, 0.2) is 6.10 Å². The second-order valence-electron chi connectivity index (χ2n) is 14.5. The van der Waals surface area contributed by atoms with Crippen molar-refractivity contribution < 1.29 is 43.2 Å². The zero-order valence-corrected chi connectivity index (χ0v) is 30.1. The first-order valence-corrected chi connectivity index (χ1v) is 17.6. The lowest BCUT2D eigenvalue weighted by atomic mass is 9.64. The Hall–Kier alpha value is -3.93. The highest BCUT2D eigenvalue weighted by Gasteiger charge is 2.62. The molecule has 0 radical (unpaired) electrons. The van der Waals surface area contributed by atoms with Gasteiger partial charge in [-0.2, -0.15) is 0 Å². The van der Waals surface area contributed by atoms with Gasteiger partial charge in [-0.05, 0) is 63.3 Å². The molecule has 11 atom stereocenters. The number of aromatic nitrogens is 1. The van der Waals surface area contributed by atoms with Gasteiger partial charge in [0, 0.05) is 43.0 Å². The van der Waals surface area contributed by atoms with Crippen molar-refractivity contribution in [3.63, 3.8) is 0 Å². The number of aromatic amines is 1. The van der Waals surface area contributed by atoms with Crippen LogP contribution in [0.4, 0.5) is 4.79 Å². The molecule has 3 heterocycles. The number of carbonyl (C=O) groups excluding carboxylic acids is 3. The maximum absolute atomic E-state index is 13.7. The molecule has 1 saturated heterocycles. The molecule has 3 aliphatic rings. The van der Waals surface area contributed by atoms with Crippen LogP contribution in [0.3, 0.4) is 0 Å². The largest absolute Gasteiger partial charge is 0.456 e. The predicted octanol–water partition coefficient (Wildman–Crippen LogP) is 5.55. The highest BCUT2D eigenvalue weighted by Crippen LogP contribution is 2.58. The monoisotopic (exact) mass is 692 g/mol. The number of hydrogen-bond acceptors (Lipinski definition) is 9. The van der Waals surface area contributed by atoms with E-state index in [0.29, 0.717) is 25.1 Å². The zero-order valence-electron chi connectivity index (χ0n) is 30.1. The standard InChI is InChI=1S/C39H52N2O9/c1-23-20-24(2)39-22-38(6,34(50-39)33(25(3)26(4)42)49-35(43)30-14-11-18-40-30)17-15-29(39)21-31(46-7)36(44)48-32(23)27(5)47-37(45)41-19-16-28-12-9-8-10-13-28/h8-15,17-18,20,23,25-27,29,31-34,40,42H,16,19,21-22H2,1-7H3,(H,41,45)/b24-20+/t23-,25-,26+,27-,29-,31+,32+,33-,34+,38-,39+/m1/s1. The number of amides is 1. The summed E-state index contributed by atoms with van der Waals surface area (Å²) in [6, 6.07) is 13.2. The van der Waals surface area contributed by atoms with E-state index in [-0.39, 0.29) is 18.3 Å². The first-order valence-electron chi connectivity index (χ1n) is 17.6. The average Bonchev–Trinajstić information content (AvgIpc) is 3.71. The number of esters is 2. The van der Waals surface area contributed by atoms with Gasteiger partial charge >= 0.3 is 18.0 Å². The van der Waals surface area contributed by atoms with E-state index < -0.39 is 71.6 Å². The summed E-state index contributed by atoms with van der Waals surface area (Å²) in [5, 5.41) is 13.5. The molecule has 11 nitrogen and oxygen atoms in total. The average molecular weight is 693 g/mol. The molecule has 272 valence electrons. The molecule has 11 heteroatoms. The molecule has 2 aromatic rings. The lowest BCUT2D eigenvalue weighted by Gasteiger charge is -2.42. The third kappa shape index (κ3) is 7.85. The normalized spacial score (nSPS) is 32.7. The molecule has 3 N–H and O–H groups in total. The summed E-state index contributed by atoms with van der Waals surface area (Å²) < 4.78 is 30.8. The van der Waals surface area contributed by atoms with Crippen molar-refractivity contribution >= 4 is 18.0 Å². The molecule has 0 saturated carbocycles. The Labute approximate surface area is 294 Å². The SMILES string of the molecule is CO[C@H]1C[C@H]2C=C[C@]3(C)C[C@]2(O[C@H]3[C@H](OC(=O)c2ccc[nH]2)[C@H](C)[C@H](C)O)/C(C)=C/[C@@H](C)[C@@H]([C@@H](C)OC(=O)NCCc2ccccc2)OC1=O. The van der Waals surface area contributed by atoms with E-state index in [1.807, 2.05) is 57.2 Å². The minimum absolute atomic E-state index is 0.273. The van der Waals surface area contributed by atoms with Crippen molar-refractivity contribution in [2.24, 2.45) is 23.2 Å². The highest BCUT2D eigenvalue weighted by molar-refractivity contribution is 5.87. The van der Waals surface area contributed by atoms with E-state index in [0.717, 1.165) is 11.1 Å². The van der Waals surface area contributed by atoms with Crippen LogP contribution in [0.5, 0.6) is 0 Å². The molecule has 2 aliphatic heterocycles. The third-order valence-electron chi connectivity index (χ3n) is 10.8. The number of nitrogens with one attached hydrogen (secondary N) is 2. The van der Waals surface area contributed by atoms with E-state index in [2.05, 4.69) is 29.4 Å². The number of aliphatic hydroxyl groups excluding tert-OH is 1. The maximum Gasteiger partial charge on any atom is 0.407 e. The summed E-state index contributed by atoms with van der Waals surface area (Å²) in [4.78, 5) is 42.6. The number of H-pyrrole nitrogens is 1. The molecule has 2 bridgehead atoms.